The van der Waals surface area contributed by atoms with Crippen molar-refractivity contribution in [3.63, 3.8) is 0 Å². The molecule has 0 radical (unpaired) electrons. The molecule has 0 aliphatic carbocycles. The zero-order valence-corrected chi connectivity index (χ0v) is 33.2. The SMILES string of the molecule is CC.CCC.CCCCCCCOC.CCS(=O)N(C)CC(NC(=O)NCC(=O)N1CCCC1C(=O)NCC(=O)C=O)C(C)(C)C.CN. The first-order valence-electron chi connectivity index (χ1n) is 17.5. The Morgan fingerprint density at radius 2 is 1.56 bits per heavy atom. The predicted octanol–water partition coefficient (Wildman–Crippen LogP) is 3.81. The fraction of sp³-hybridized carbons (Fsp3) is 0.853. The highest BCUT2D eigenvalue weighted by molar-refractivity contribution is 7.82. The van der Waals surface area contributed by atoms with Crippen molar-refractivity contribution < 1.29 is 32.9 Å². The zero-order chi connectivity index (χ0) is 38.1. The Kier molecular flexibility index (Phi) is 37.6. The van der Waals surface area contributed by atoms with Gasteiger partial charge in [-0.3, -0.25) is 19.2 Å². The average molecular weight is 709 g/mol. The van der Waals surface area contributed by atoms with Crippen LogP contribution in [0.1, 0.15) is 114 Å². The summed E-state index contributed by atoms with van der Waals surface area (Å²) < 4.78 is 18.6. The van der Waals surface area contributed by atoms with Crippen molar-refractivity contribution >= 4 is 40.9 Å². The third-order valence-corrected chi connectivity index (χ3v) is 8.02. The molecule has 5 N–H and O–H groups in total. The molecular weight excluding hydrogens is 636 g/mol. The molecule has 13 nitrogen and oxygen atoms in total. The zero-order valence-electron chi connectivity index (χ0n) is 32.4. The Balaban J connectivity index is -0.000000504. The van der Waals surface area contributed by atoms with Gasteiger partial charge in [0.2, 0.25) is 17.6 Å². The van der Waals surface area contributed by atoms with Crippen LogP contribution in [0.2, 0.25) is 0 Å². The molecule has 0 aromatic heterocycles. The number of ether oxygens (including phenoxy) is 1. The van der Waals surface area contributed by atoms with E-state index >= 15 is 0 Å². The fourth-order valence-electron chi connectivity index (χ4n) is 4.08. The summed E-state index contributed by atoms with van der Waals surface area (Å²) in [6.07, 6.45) is 9.08. The number of hydrogen-bond donors (Lipinski definition) is 4. The topological polar surface area (TPSA) is 180 Å². The van der Waals surface area contributed by atoms with Crippen LogP contribution < -0.4 is 21.7 Å². The molecule has 14 heteroatoms. The maximum Gasteiger partial charge on any atom is 0.315 e. The number of amides is 4. The van der Waals surface area contributed by atoms with Gasteiger partial charge in [0.15, 0.2) is 6.29 Å². The number of nitrogens with one attached hydrogen (secondary N) is 3. The largest absolute Gasteiger partial charge is 0.385 e. The number of ketones is 1. The van der Waals surface area contributed by atoms with E-state index in [1.165, 1.54) is 50.5 Å². The number of unbranched alkanes of at least 4 members (excludes halogenated alkanes) is 4. The highest BCUT2D eigenvalue weighted by Crippen LogP contribution is 2.20. The van der Waals surface area contributed by atoms with Crippen molar-refractivity contribution in [3.05, 3.63) is 0 Å². The van der Waals surface area contributed by atoms with E-state index in [9.17, 15) is 28.2 Å². The summed E-state index contributed by atoms with van der Waals surface area (Å²) in [6, 6.07) is -1.60. The molecule has 4 amide bonds. The molecular formula is C34H72N6O7S. The molecule has 0 bridgehead atoms. The van der Waals surface area contributed by atoms with Gasteiger partial charge in [-0.25, -0.2) is 13.3 Å². The van der Waals surface area contributed by atoms with Gasteiger partial charge in [-0.05, 0) is 38.8 Å². The maximum absolute atomic E-state index is 12.6. The minimum Gasteiger partial charge on any atom is -0.385 e. The smallest absolute Gasteiger partial charge is 0.315 e. The molecule has 1 heterocycles. The first-order chi connectivity index (χ1) is 22.7. The van der Waals surface area contributed by atoms with Crippen LogP contribution in [0, 0.1) is 5.41 Å². The number of carbonyl (C=O) groups is 5. The number of methoxy groups -OCH3 is 1. The molecule has 1 aliphatic rings. The van der Waals surface area contributed by atoms with Crippen LogP contribution in [0.5, 0.6) is 0 Å². The third kappa shape index (κ3) is 27.5. The van der Waals surface area contributed by atoms with Gasteiger partial charge in [-0.15, -0.1) is 0 Å². The summed E-state index contributed by atoms with van der Waals surface area (Å²) in [6.45, 7) is 19.1. The van der Waals surface area contributed by atoms with E-state index in [-0.39, 0.29) is 24.3 Å². The Labute approximate surface area is 295 Å². The van der Waals surface area contributed by atoms with Crippen LogP contribution in [0.25, 0.3) is 0 Å². The van der Waals surface area contributed by atoms with E-state index in [1.807, 2.05) is 41.5 Å². The Hall–Kier alpha value is -2.42. The normalized spacial score (nSPS) is 14.5. The van der Waals surface area contributed by atoms with Crippen molar-refractivity contribution in [2.75, 3.05) is 59.7 Å². The molecule has 286 valence electrons. The third-order valence-electron chi connectivity index (χ3n) is 6.68. The summed E-state index contributed by atoms with van der Waals surface area (Å²) in [5, 5.41) is 7.73. The second kappa shape index (κ2) is 34.4. The number of carbonyl (C=O) groups excluding carboxylic acids is 5. The highest BCUT2D eigenvalue weighted by Gasteiger charge is 2.34. The summed E-state index contributed by atoms with van der Waals surface area (Å²) in [5.74, 6) is -1.21. The second-order valence-electron chi connectivity index (χ2n) is 11.8. The van der Waals surface area contributed by atoms with Crippen molar-refractivity contribution in [1.82, 2.24) is 25.2 Å². The Morgan fingerprint density at radius 1 is 1.00 bits per heavy atom. The van der Waals surface area contributed by atoms with E-state index in [4.69, 9.17) is 4.74 Å². The minimum absolute atomic E-state index is 0.128. The van der Waals surface area contributed by atoms with Crippen LogP contribution in [0.4, 0.5) is 4.79 Å². The van der Waals surface area contributed by atoms with Gasteiger partial charge in [0.05, 0.1) is 24.1 Å². The summed E-state index contributed by atoms with van der Waals surface area (Å²) >= 11 is 0. The number of nitrogens with two attached hydrogens (primary N) is 1. The van der Waals surface area contributed by atoms with Crippen LogP contribution in [-0.4, -0.2) is 115 Å². The van der Waals surface area contributed by atoms with Crippen LogP contribution >= 0.6 is 0 Å². The quantitative estimate of drug-likeness (QED) is 0.100. The molecule has 0 spiro atoms. The van der Waals surface area contributed by atoms with Gasteiger partial charge >= 0.3 is 6.03 Å². The summed E-state index contributed by atoms with van der Waals surface area (Å²) in [5.41, 5.74) is 4.19. The van der Waals surface area contributed by atoms with Crippen molar-refractivity contribution in [2.45, 2.75) is 126 Å². The monoisotopic (exact) mass is 709 g/mol. The minimum atomic E-state index is -1.15. The predicted molar refractivity (Wildman–Crippen MR) is 198 cm³/mol. The molecule has 3 unspecified atom stereocenters. The Morgan fingerprint density at radius 3 is 2.04 bits per heavy atom. The number of urea groups is 1. The molecule has 1 aliphatic heterocycles. The van der Waals surface area contributed by atoms with Crippen LogP contribution in [0.15, 0.2) is 0 Å². The number of aldehydes is 1. The molecule has 1 rings (SSSR count). The highest BCUT2D eigenvalue weighted by atomic mass is 32.2. The first kappa shape index (κ1) is 52.4. The number of nitrogens with zero attached hydrogens (tertiary/aromatic N) is 2. The second-order valence-corrected chi connectivity index (χ2v) is 13.7. The molecule has 1 saturated heterocycles. The van der Waals surface area contributed by atoms with Gasteiger partial charge in [0.25, 0.3) is 0 Å². The molecule has 0 aromatic carbocycles. The number of rotatable bonds is 17. The summed E-state index contributed by atoms with van der Waals surface area (Å²) in [7, 11) is 3.84. The van der Waals surface area contributed by atoms with Gasteiger partial charge in [0.1, 0.15) is 6.04 Å². The van der Waals surface area contributed by atoms with E-state index < -0.39 is 47.2 Å². The average Bonchev–Trinajstić information content (AvgIpc) is 3.57. The number of Topliss-reactive ketones (excluding diaryl/α,β-unsaturated/α-hetero) is 1. The van der Waals surface area contributed by atoms with E-state index in [2.05, 4.69) is 42.5 Å². The van der Waals surface area contributed by atoms with Crippen LogP contribution in [-0.2, 0) is 34.9 Å². The molecule has 48 heavy (non-hydrogen) atoms. The molecule has 1 fully saturated rings. The lowest BCUT2D eigenvalue weighted by molar-refractivity contribution is -0.138. The summed E-state index contributed by atoms with van der Waals surface area (Å²) in [4.78, 5) is 60.1. The molecule has 0 aromatic rings. The van der Waals surface area contributed by atoms with Gasteiger partial charge in [-0.2, -0.15) is 0 Å². The first-order valence-corrected chi connectivity index (χ1v) is 18.8. The van der Waals surface area contributed by atoms with Crippen LogP contribution in [0.3, 0.4) is 0 Å². The van der Waals surface area contributed by atoms with Crippen molar-refractivity contribution in [2.24, 2.45) is 11.1 Å². The van der Waals surface area contributed by atoms with Crippen molar-refractivity contribution in [3.8, 4) is 0 Å². The molecule has 0 saturated carbocycles. The number of likely N-dealkylation sites (tertiary alicyclic amines) is 1. The van der Waals surface area contributed by atoms with E-state index in [0.29, 0.717) is 31.7 Å². The lowest BCUT2D eigenvalue weighted by Crippen LogP contribution is -2.55. The van der Waals surface area contributed by atoms with E-state index in [1.54, 1.807) is 18.5 Å². The van der Waals surface area contributed by atoms with Gasteiger partial charge in [0, 0.05) is 38.6 Å². The van der Waals surface area contributed by atoms with E-state index in [0.717, 1.165) is 6.61 Å². The lowest BCUT2D eigenvalue weighted by atomic mass is 9.87. The fourth-order valence-corrected chi connectivity index (χ4v) is 4.84. The Bertz CT molecular complexity index is 865. The number of hydrogen-bond acceptors (Lipinski definition) is 8. The van der Waals surface area contributed by atoms with Gasteiger partial charge < -0.3 is 31.3 Å². The standard InChI is InChI=1S/C20H35N5O6S.C8H18O.C3H8.C2H6.CH5N/c1-6-32(31)24(5)12-16(20(2,3)4)23-19(30)22-11-17(28)25-9-7-8-15(25)18(29)21-10-14(27)13-26;1-3-4-5-6-7-8-9-2;1-3-2;2*1-2/h13,15-16H,6-12H2,1-5H3,(H,21,29)(H2,22,23,30);3-8H2,1-2H3;3H2,1-2H3;1-2H3;2H2,1H3. The number of likely N-dealkylation sites (N-methyl/N-ethyl adjacent to an activating group) is 1. The lowest BCUT2D eigenvalue weighted by Gasteiger charge is -2.34. The molecule has 3 atom stereocenters. The maximum atomic E-state index is 12.6. The van der Waals surface area contributed by atoms with Gasteiger partial charge in [-0.1, -0.05) is 94.4 Å². The van der Waals surface area contributed by atoms with Crippen molar-refractivity contribution in [1.29, 1.82) is 0 Å².